The predicted octanol–water partition coefficient (Wildman–Crippen LogP) is 3.10. The highest BCUT2D eigenvalue weighted by Crippen LogP contribution is 2.34. The average molecular weight is 376 g/mol. The summed E-state index contributed by atoms with van der Waals surface area (Å²) in [6.07, 6.45) is 2.60. The summed E-state index contributed by atoms with van der Waals surface area (Å²) in [5.41, 5.74) is 0.971. The van der Waals surface area contributed by atoms with E-state index in [-0.39, 0.29) is 30.0 Å². The van der Waals surface area contributed by atoms with E-state index in [1.165, 1.54) is 0 Å². The van der Waals surface area contributed by atoms with Crippen molar-refractivity contribution in [3.63, 3.8) is 0 Å². The van der Waals surface area contributed by atoms with E-state index in [4.69, 9.17) is 14.6 Å². The Hall–Kier alpha value is -2.44. The van der Waals surface area contributed by atoms with Crippen molar-refractivity contribution < 1.29 is 24.2 Å². The number of hydrogen-bond donors (Lipinski definition) is 3. The van der Waals surface area contributed by atoms with Gasteiger partial charge in [-0.15, -0.1) is 0 Å². The van der Waals surface area contributed by atoms with Gasteiger partial charge in [-0.3, -0.25) is 4.79 Å². The van der Waals surface area contributed by atoms with Gasteiger partial charge in [-0.2, -0.15) is 0 Å². The van der Waals surface area contributed by atoms with Gasteiger partial charge in [0.25, 0.3) is 0 Å². The van der Waals surface area contributed by atoms with Crippen LogP contribution >= 0.6 is 0 Å². The minimum Gasteiger partial charge on any atom is -0.486 e. The second kappa shape index (κ2) is 8.50. The largest absolute Gasteiger partial charge is 0.486 e. The maximum Gasteiger partial charge on any atom is 0.315 e. The van der Waals surface area contributed by atoms with Gasteiger partial charge in [0.15, 0.2) is 11.5 Å². The molecule has 3 rings (SSSR count). The molecule has 0 spiro atoms. The first kappa shape index (κ1) is 19.3. The number of carbonyl (C=O) groups is 2. The van der Waals surface area contributed by atoms with E-state index in [2.05, 4.69) is 24.5 Å². The number of rotatable bonds is 5. The van der Waals surface area contributed by atoms with E-state index in [0.717, 1.165) is 11.3 Å². The van der Waals surface area contributed by atoms with Gasteiger partial charge >= 0.3 is 12.0 Å². The zero-order chi connectivity index (χ0) is 19.4. The van der Waals surface area contributed by atoms with Crippen LogP contribution in [0.15, 0.2) is 18.2 Å². The van der Waals surface area contributed by atoms with Crippen molar-refractivity contribution in [1.29, 1.82) is 0 Å². The molecule has 7 nitrogen and oxygen atoms in total. The molecule has 2 aliphatic rings. The molecule has 1 atom stereocenters. The minimum atomic E-state index is -0.739. The number of hydrogen-bond acceptors (Lipinski definition) is 4. The molecule has 7 heteroatoms. The van der Waals surface area contributed by atoms with Crippen molar-refractivity contribution in [3.05, 3.63) is 23.8 Å². The minimum absolute atomic E-state index is 0.0219. The normalized spacial score (nSPS) is 22.8. The van der Waals surface area contributed by atoms with Gasteiger partial charge in [0.05, 0.1) is 12.0 Å². The van der Waals surface area contributed by atoms with E-state index in [1.54, 1.807) is 0 Å². The zero-order valence-corrected chi connectivity index (χ0v) is 15.9. The molecule has 1 heterocycles. The molecular weight excluding hydrogens is 348 g/mol. The Morgan fingerprint density at radius 1 is 1.07 bits per heavy atom. The molecular formula is C20H28N2O5. The summed E-state index contributed by atoms with van der Waals surface area (Å²) >= 11 is 0. The number of benzene rings is 1. The van der Waals surface area contributed by atoms with Crippen LogP contribution in [0.4, 0.5) is 4.79 Å². The van der Waals surface area contributed by atoms with Gasteiger partial charge in [0.1, 0.15) is 13.2 Å². The number of amides is 2. The SMILES string of the molecule is CC(C)C(NC(=O)NC1CCC(C(=O)O)CC1)c1ccc2c(c1)OCCO2. The fourth-order valence-electron chi connectivity index (χ4n) is 3.74. The summed E-state index contributed by atoms with van der Waals surface area (Å²) in [7, 11) is 0. The lowest BCUT2D eigenvalue weighted by Gasteiger charge is -2.29. The third-order valence-electron chi connectivity index (χ3n) is 5.29. The van der Waals surface area contributed by atoms with E-state index in [0.29, 0.717) is 44.6 Å². The summed E-state index contributed by atoms with van der Waals surface area (Å²) in [4.78, 5) is 23.6. The zero-order valence-electron chi connectivity index (χ0n) is 15.9. The molecule has 3 N–H and O–H groups in total. The molecule has 0 radical (unpaired) electrons. The van der Waals surface area contributed by atoms with Crippen molar-refractivity contribution >= 4 is 12.0 Å². The van der Waals surface area contributed by atoms with Gasteiger partial charge in [-0.1, -0.05) is 19.9 Å². The highest BCUT2D eigenvalue weighted by Gasteiger charge is 2.28. The first-order valence-corrected chi connectivity index (χ1v) is 9.63. The number of carboxylic acid groups (broad SMARTS) is 1. The van der Waals surface area contributed by atoms with Crippen LogP contribution in [0, 0.1) is 11.8 Å². The van der Waals surface area contributed by atoms with Crippen LogP contribution in [-0.2, 0) is 4.79 Å². The topological polar surface area (TPSA) is 96.9 Å². The summed E-state index contributed by atoms with van der Waals surface area (Å²) in [6.45, 7) is 5.18. The van der Waals surface area contributed by atoms with E-state index in [9.17, 15) is 9.59 Å². The third kappa shape index (κ3) is 4.84. The van der Waals surface area contributed by atoms with Gasteiger partial charge in [0, 0.05) is 6.04 Å². The van der Waals surface area contributed by atoms with Crippen LogP contribution < -0.4 is 20.1 Å². The summed E-state index contributed by atoms with van der Waals surface area (Å²) in [6, 6.07) is 5.41. The van der Waals surface area contributed by atoms with Crippen LogP contribution in [0.25, 0.3) is 0 Å². The van der Waals surface area contributed by atoms with Crippen LogP contribution in [0.5, 0.6) is 11.5 Å². The Bertz CT molecular complexity index is 683. The lowest BCUT2D eigenvalue weighted by atomic mass is 9.86. The molecule has 0 saturated heterocycles. The smallest absolute Gasteiger partial charge is 0.315 e. The Labute approximate surface area is 159 Å². The lowest BCUT2D eigenvalue weighted by molar-refractivity contribution is -0.142. The van der Waals surface area contributed by atoms with Gasteiger partial charge in [-0.05, 0) is 49.3 Å². The number of carbonyl (C=O) groups excluding carboxylic acids is 1. The second-order valence-corrected chi connectivity index (χ2v) is 7.63. The number of fused-ring (bicyclic) bond motifs is 1. The first-order chi connectivity index (χ1) is 12.9. The number of nitrogens with one attached hydrogen (secondary N) is 2. The molecule has 1 unspecified atom stereocenters. The molecule has 1 fully saturated rings. The van der Waals surface area contributed by atoms with Crippen molar-refractivity contribution in [1.82, 2.24) is 10.6 Å². The fourth-order valence-corrected chi connectivity index (χ4v) is 3.74. The molecule has 1 aliphatic carbocycles. The fraction of sp³-hybridized carbons (Fsp3) is 0.600. The van der Waals surface area contributed by atoms with Crippen molar-refractivity contribution in [2.75, 3.05) is 13.2 Å². The highest BCUT2D eigenvalue weighted by molar-refractivity contribution is 5.75. The molecule has 148 valence electrons. The quantitative estimate of drug-likeness (QED) is 0.734. The molecule has 1 aliphatic heterocycles. The standard InChI is InChI=1S/C20H28N2O5/c1-12(2)18(14-5-8-16-17(11-14)27-10-9-26-16)22-20(25)21-15-6-3-13(4-7-15)19(23)24/h5,8,11-13,15,18H,3-4,6-7,9-10H2,1-2H3,(H,23,24)(H2,21,22,25). The molecule has 0 aromatic heterocycles. The Kier molecular flexibility index (Phi) is 6.08. The lowest BCUT2D eigenvalue weighted by Crippen LogP contribution is -2.46. The first-order valence-electron chi connectivity index (χ1n) is 9.63. The van der Waals surface area contributed by atoms with Gasteiger partial charge in [-0.25, -0.2) is 4.79 Å². The summed E-state index contributed by atoms with van der Waals surface area (Å²) in [5.74, 6) is 0.607. The Morgan fingerprint density at radius 3 is 2.37 bits per heavy atom. The van der Waals surface area contributed by atoms with Crippen LogP contribution in [0.2, 0.25) is 0 Å². The Morgan fingerprint density at radius 2 is 1.74 bits per heavy atom. The number of aliphatic carboxylic acids is 1. The molecule has 1 saturated carbocycles. The maximum atomic E-state index is 12.5. The van der Waals surface area contributed by atoms with Crippen molar-refractivity contribution in [2.24, 2.45) is 11.8 Å². The molecule has 2 amide bonds. The van der Waals surface area contributed by atoms with Gasteiger partial charge in [0.2, 0.25) is 0 Å². The number of ether oxygens (including phenoxy) is 2. The van der Waals surface area contributed by atoms with Crippen molar-refractivity contribution in [3.8, 4) is 11.5 Å². The van der Waals surface area contributed by atoms with Crippen LogP contribution in [0.3, 0.4) is 0 Å². The van der Waals surface area contributed by atoms with E-state index >= 15 is 0 Å². The number of carboxylic acids is 1. The monoisotopic (exact) mass is 376 g/mol. The van der Waals surface area contributed by atoms with E-state index in [1.807, 2.05) is 18.2 Å². The van der Waals surface area contributed by atoms with Crippen molar-refractivity contribution in [2.45, 2.75) is 51.6 Å². The van der Waals surface area contributed by atoms with Gasteiger partial charge < -0.3 is 25.2 Å². The number of urea groups is 1. The molecule has 0 bridgehead atoms. The molecule has 1 aromatic carbocycles. The Balaban J connectivity index is 1.60. The summed E-state index contributed by atoms with van der Waals surface area (Å²) in [5, 5.41) is 15.1. The van der Waals surface area contributed by atoms with E-state index < -0.39 is 5.97 Å². The average Bonchev–Trinajstić information content (AvgIpc) is 2.66. The third-order valence-corrected chi connectivity index (χ3v) is 5.29. The highest BCUT2D eigenvalue weighted by atomic mass is 16.6. The van der Waals surface area contributed by atoms with Crippen LogP contribution in [0.1, 0.15) is 51.1 Å². The second-order valence-electron chi connectivity index (χ2n) is 7.63. The molecule has 1 aromatic rings. The maximum absolute atomic E-state index is 12.5. The predicted molar refractivity (Wildman–Crippen MR) is 100 cm³/mol. The molecule has 27 heavy (non-hydrogen) atoms. The summed E-state index contributed by atoms with van der Waals surface area (Å²) < 4.78 is 11.2. The van der Waals surface area contributed by atoms with Crippen LogP contribution in [-0.4, -0.2) is 36.4 Å².